The third kappa shape index (κ3) is 2.24. The molecule has 0 spiro atoms. The Labute approximate surface area is 108 Å². The number of para-hydroxylation sites is 1. The van der Waals surface area contributed by atoms with E-state index in [0.717, 1.165) is 31.7 Å². The number of benzene rings is 1. The maximum absolute atomic E-state index is 4.79. The SMILES string of the molecule is C[C@@H](c1ccc2ccccc2n1)N1CCNCC1. The molecule has 1 aliphatic heterocycles. The van der Waals surface area contributed by atoms with Gasteiger partial charge in [-0.2, -0.15) is 0 Å². The lowest BCUT2D eigenvalue weighted by Crippen LogP contribution is -2.44. The van der Waals surface area contributed by atoms with Crippen LogP contribution in [0.15, 0.2) is 36.4 Å². The Bertz CT molecular complexity index is 532. The van der Waals surface area contributed by atoms with Crippen molar-refractivity contribution in [2.24, 2.45) is 0 Å². The topological polar surface area (TPSA) is 28.2 Å². The molecule has 1 N–H and O–H groups in total. The number of aromatic nitrogens is 1. The van der Waals surface area contributed by atoms with Gasteiger partial charge in [-0.25, -0.2) is 0 Å². The molecule has 94 valence electrons. The number of hydrogen-bond acceptors (Lipinski definition) is 3. The van der Waals surface area contributed by atoms with Crippen LogP contribution in [0.2, 0.25) is 0 Å². The zero-order valence-corrected chi connectivity index (χ0v) is 10.8. The minimum Gasteiger partial charge on any atom is -0.314 e. The van der Waals surface area contributed by atoms with Gasteiger partial charge in [-0.3, -0.25) is 9.88 Å². The number of hydrogen-bond donors (Lipinski definition) is 1. The summed E-state index contributed by atoms with van der Waals surface area (Å²) < 4.78 is 0. The molecule has 2 heterocycles. The first-order valence-corrected chi connectivity index (χ1v) is 6.65. The Morgan fingerprint density at radius 2 is 1.89 bits per heavy atom. The van der Waals surface area contributed by atoms with E-state index in [-0.39, 0.29) is 0 Å². The highest BCUT2D eigenvalue weighted by Gasteiger charge is 2.18. The summed E-state index contributed by atoms with van der Waals surface area (Å²) in [5, 5.41) is 4.61. The van der Waals surface area contributed by atoms with Gasteiger partial charge in [0.1, 0.15) is 0 Å². The van der Waals surface area contributed by atoms with E-state index in [4.69, 9.17) is 4.98 Å². The predicted molar refractivity (Wildman–Crippen MR) is 74.6 cm³/mol. The van der Waals surface area contributed by atoms with Crippen molar-refractivity contribution in [1.82, 2.24) is 15.2 Å². The molecule has 1 aromatic carbocycles. The van der Waals surface area contributed by atoms with Crippen LogP contribution in [-0.4, -0.2) is 36.1 Å². The lowest BCUT2D eigenvalue weighted by molar-refractivity contribution is 0.183. The molecule has 2 aromatic rings. The molecule has 3 nitrogen and oxygen atoms in total. The first-order chi connectivity index (χ1) is 8.84. The van der Waals surface area contributed by atoms with Gasteiger partial charge in [-0.15, -0.1) is 0 Å². The maximum atomic E-state index is 4.79. The molecule has 18 heavy (non-hydrogen) atoms. The van der Waals surface area contributed by atoms with Crippen LogP contribution in [0.1, 0.15) is 18.7 Å². The number of fused-ring (bicyclic) bond motifs is 1. The molecule has 0 amide bonds. The molecule has 0 unspecified atom stereocenters. The molecule has 1 atom stereocenters. The number of nitrogens with one attached hydrogen (secondary N) is 1. The summed E-state index contributed by atoms with van der Waals surface area (Å²) in [7, 11) is 0. The molecule has 3 heteroatoms. The highest BCUT2D eigenvalue weighted by atomic mass is 15.2. The third-order valence-corrected chi connectivity index (χ3v) is 3.75. The Hall–Kier alpha value is -1.45. The van der Waals surface area contributed by atoms with E-state index < -0.39 is 0 Å². The van der Waals surface area contributed by atoms with E-state index >= 15 is 0 Å². The van der Waals surface area contributed by atoms with Crippen LogP contribution in [0.4, 0.5) is 0 Å². The minimum atomic E-state index is 0.400. The van der Waals surface area contributed by atoms with Crippen molar-refractivity contribution in [2.45, 2.75) is 13.0 Å². The highest BCUT2D eigenvalue weighted by molar-refractivity contribution is 5.78. The molecule has 1 aliphatic rings. The molecule has 0 radical (unpaired) electrons. The van der Waals surface area contributed by atoms with Gasteiger partial charge in [0, 0.05) is 37.6 Å². The lowest BCUT2D eigenvalue weighted by Gasteiger charge is -2.32. The number of piperazine rings is 1. The standard InChI is InChI=1S/C15H19N3/c1-12(18-10-8-16-9-11-18)14-7-6-13-4-2-3-5-15(13)17-14/h2-7,12,16H,8-11H2,1H3/t12-/m0/s1. The van der Waals surface area contributed by atoms with Gasteiger partial charge in [0.05, 0.1) is 11.2 Å². The van der Waals surface area contributed by atoms with Gasteiger partial charge < -0.3 is 5.32 Å². The quantitative estimate of drug-likeness (QED) is 0.873. The van der Waals surface area contributed by atoms with Crippen LogP contribution in [0, 0.1) is 0 Å². The highest BCUT2D eigenvalue weighted by Crippen LogP contribution is 2.21. The van der Waals surface area contributed by atoms with Crippen molar-refractivity contribution >= 4 is 10.9 Å². The van der Waals surface area contributed by atoms with Crippen LogP contribution in [0.3, 0.4) is 0 Å². The van der Waals surface area contributed by atoms with E-state index in [0.29, 0.717) is 6.04 Å². The lowest BCUT2D eigenvalue weighted by atomic mass is 10.1. The molecular formula is C15H19N3. The van der Waals surface area contributed by atoms with Crippen LogP contribution < -0.4 is 5.32 Å². The second-order valence-corrected chi connectivity index (χ2v) is 4.89. The summed E-state index contributed by atoms with van der Waals surface area (Å²) >= 11 is 0. The van der Waals surface area contributed by atoms with Crippen molar-refractivity contribution < 1.29 is 0 Å². The number of nitrogens with zero attached hydrogens (tertiary/aromatic N) is 2. The molecular weight excluding hydrogens is 222 g/mol. The van der Waals surface area contributed by atoms with Crippen LogP contribution in [-0.2, 0) is 0 Å². The van der Waals surface area contributed by atoms with E-state index in [2.05, 4.69) is 53.5 Å². The van der Waals surface area contributed by atoms with Crippen molar-refractivity contribution in [3.8, 4) is 0 Å². The second kappa shape index (κ2) is 5.04. The fourth-order valence-electron chi connectivity index (χ4n) is 2.57. The Kier molecular flexibility index (Phi) is 3.26. The fourth-order valence-corrected chi connectivity index (χ4v) is 2.57. The maximum Gasteiger partial charge on any atom is 0.0706 e. The van der Waals surface area contributed by atoms with Gasteiger partial charge in [0.2, 0.25) is 0 Å². The minimum absolute atomic E-state index is 0.400. The Morgan fingerprint density at radius 3 is 2.72 bits per heavy atom. The van der Waals surface area contributed by atoms with Gasteiger partial charge in [0.15, 0.2) is 0 Å². The summed E-state index contributed by atoms with van der Waals surface area (Å²) in [6, 6.07) is 13.0. The average Bonchev–Trinajstić information content (AvgIpc) is 2.47. The van der Waals surface area contributed by atoms with E-state index in [1.54, 1.807) is 0 Å². The Morgan fingerprint density at radius 1 is 1.11 bits per heavy atom. The average molecular weight is 241 g/mol. The van der Waals surface area contributed by atoms with Crippen molar-refractivity contribution in [3.63, 3.8) is 0 Å². The number of pyridine rings is 1. The first kappa shape index (κ1) is 11.6. The molecule has 3 rings (SSSR count). The smallest absolute Gasteiger partial charge is 0.0706 e. The monoisotopic (exact) mass is 241 g/mol. The van der Waals surface area contributed by atoms with Crippen LogP contribution in [0.25, 0.3) is 10.9 Å². The van der Waals surface area contributed by atoms with Crippen molar-refractivity contribution in [1.29, 1.82) is 0 Å². The summed E-state index contributed by atoms with van der Waals surface area (Å²) in [6.45, 7) is 6.63. The van der Waals surface area contributed by atoms with E-state index in [1.807, 2.05) is 0 Å². The van der Waals surface area contributed by atoms with Crippen molar-refractivity contribution in [3.05, 3.63) is 42.1 Å². The van der Waals surface area contributed by atoms with Crippen LogP contribution >= 0.6 is 0 Å². The van der Waals surface area contributed by atoms with Crippen LogP contribution in [0.5, 0.6) is 0 Å². The molecule has 0 bridgehead atoms. The summed E-state index contributed by atoms with van der Waals surface area (Å²) in [4.78, 5) is 7.28. The van der Waals surface area contributed by atoms with E-state index in [1.165, 1.54) is 11.1 Å². The molecule has 1 aromatic heterocycles. The molecule has 0 aliphatic carbocycles. The molecule has 1 fully saturated rings. The predicted octanol–water partition coefficient (Wildman–Crippen LogP) is 2.20. The third-order valence-electron chi connectivity index (χ3n) is 3.75. The first-order valence-electron chi connectivity index (χ1n) is 6.65. The van der Waals surface area contributed by atoms with E-state index in [9.17, 15) is 0 Å². The Balaban J connectivity index is 1.88. The second-order valence-electron chi connectivity index (χ2n) is 4.89. The largest absolute Gasteiger partial charge is 0.314 e. The summed E-state index contributed by atoms with van der Waals surface area (Å²) in [6.07, 6.45) is 0. The van der Waals surface area contributed by atoms with Gasteiger partial charge in [-0.05, 0) is 19.1 Å². The van der Waals surface area contributed by atoms with Gasteiger partial charge in [0.25, 0.3) is 0 Å². The summed E-state index contributed by atoms with van der Waals surface area (Å²) in [5.74, 6) is 0. The van der Waals surface area contributed by atoms with Gasteiger partial charge in [-0.1, -0.05) is 24.3 Å². The van der Waals surface area contributed by atoms with Gasteiger partial charge >= 0.3 is 0 Å². The van der Waals surface area contributed by atoms with Crippen molar-refractivity contribution in [2.75, 3.05) is 26.2 Å². The fraction of sp³-hybridized carbons (Fsp3) is 0.400. The normalized spacial score (nSPS) is 18.9. The molecule has 1 saturated heterocycles. The zero-order valence-electron chi connectivity index (χ0n) is 10.8. The number of rotatable bonds is 2. The summed E-state index contributed by atoms with van der Waals surface area (Å²) in [5.41, 5.74) is 2.27. The zero-order chi connectivity index (χ0) is 12.4. The molecule has 0 saturated carbocycles.